The Hall–Kier alpha value is -2.87. The largest absolute Gasteiger partial charge is 0.490 e. The van der Waals surface area contributed by atoms with Crippen molar-refractivity contribution in [1.29, 1.82) is 0 Å². The van der Waals surface area contributed by atoms with Gasteiger partial charge in [0.15, 0.2) is 0 Å². The van der Waals surface area contributed by atoms with Crippen LogP contribution in [-0.4, -0.2) is 40.0 Å². The van der Waals surface area contributed by atoms with Gasteiger partial charge in [0.1, 0.15) is 24.8 Å². The summed E-state index contributed by atoms with van der Waals surface area (Å²) < 4.78 is 37.2. The van der Waals surface area contributed by atoms with Crippen molar-refractivity contribution in [3.63, 3.8) is 0 Å². The number of carbonyl (C=O) groups is 1. The molecule has 0 atom stereocenters. The van der Waals surface area contributed by atoms with Crippen LogP contribution in [0, 0.1) is 0 Å². The minimum atomic E-state index is -3.57. The summed E-state index contributed by atoms with van der Waals surface area (Å²) in [4.78, 5) is 16.3. The van der Waals surface area contributed by atoms with Crippen LogP contribution in [0.15, 0.2) is 58.4 Å². The van der Waals surface area contributed by atoms with E-state index in [1.54, 1.807) is 18.2 Å². The first-order chi connectivity index (χ1) is 14.2. The van der Waals surface area contributed by atoms with Crippen molar-refractivity contribution >= 4 is 21.8 Å². The average molecular weight is 431 g/mol. The average Bonchev–Trinajstić information content (AvgIpc) is 2.96. The Bertz CT molecular complexity index is 1040. The van der Waals surface area contributed by atoms with Gasteiger partial charge in [-0.15, -0.1) is 0 Å². The van der Waals surface area contributed by atoms with Crippen LogP contribution in [-0.2, 0) is 25.0 Å². The molecule has 2 aromatic carbocycles. The van der Waals surface area contributed by atoms with E-state index < -0.39 is 16.0 Å². The number of carbonyl (C=O) groups excluding carboxylic acids is 1. The maximum atomic E-state index is 12.0. The molecule has 7 nitrogen and oxygen atoms in total. The maximum absolute atomic E-state index is 12.0. The molecular formula is C22H26N2O5S. The molecule has 1 N–H and O–H groups in total. The number of rotatable bonds is 7. The summed E-state index contributed by atoms with van der Waals surface area (Å²) in [5, 5.41) is 0. The number of nitrogens with zero attached hydrogens (tertiary/aromatic N) is 1. The molecule has 0 radical (unpaired) electrons. The van der Waals surface area contributed by atoms with Crippen LogP contribution in [0.3, 0.4) is 0 Å². The van der Waals surface area contributed by atoms with E-state index in [-0.39, 0.29) is 42.3 Å². The number of amidine groups is 1. The van der Waals surface area contributed by atoms with Gasteiger partial charge < -0.3 is 9.47 Å². The van der Waals surface area contributed by atoms with E-state index in [1.165, 1.54) is 11.6 Å². The number of fused-ring (bicyclic) bond motifs is 1. The monoisotopic (exact) mass is 430 g/mol. The summed E-state index contributed by atoms with van der Waals surface area (Å²) in [6.45, 7) is 6.95. The quantitative estimate of drug-likeness (QED) is 0.538. The van der Waals surface area contributed by atoms with Crippen molar-refractivity contribution in [3.05, 3.63) is 59.7 Å². The lowest BCUT2D eigenvalue weighted by Crippen LogP contribution is -2.22. The van der Waals surface area contributed by atoms with Crippen LogP contribution < -0.4 is 9.46 Å². The van der Waals surface area contributed by atoms with Gasteiger partial charge in [0.2, 0.25) is 0 Å². The van der Waals surface area contributed by atoms with E-state index in [0.29, 0.717) is 5.56 Å². The number of hydrogen-bond donors (Lipinski definition) is 1. The molecule has 0 aliphatic carbocycles. The molecule has 3 rings (SSSR count). The van der Waals surface area contributed by atoms with Crippen molar-refractivity contribution < 1.29 is 22.7 Å². The normalized spacial score (nSPS) is 16.0. The van der Waals surface area contributed by atoms with Gasteiger partial charge >= 0.3 is 5.97 Å². The SMILES string of the molecule is CC(C)(C)c1ccc(OCCOC(=O)CCN=C2NS(=O)(=O)c3ccccc32)cc1. The predicted molar refractivity (Wildman–Crippen MR) is 114 cm³/mol. The molecule has 0 amide bonds. The van der Waals surface area contributed by atoms with E-state index in [2.05, 4.69) is 30.5 Å². The fourth-order valence-corrected chi connectivity index (χ4v) is 4.20. The standard InChI is InChI=1S/C22H26N2O5S/c1-22(2,3)16-8-10-17(11-9-16)28-14-15-29-20(25)12-13-23-21-18-6-4-5-7-19(18)30(26,27)24-21/h4-11H,12-15H2,1-3H3,(H,23,24). The summed E-state index contributed by atoms with van der Waals surface area (Å²) in [6.07, 6.45) is 0.0493. The number of sulfonamides is 1. The van der Waals surface area contributed by atoms with Gasteiger partial charge in [-0.3, -0.25) is 14.5 Å². The van der Waals surface area contributed by atoms with Gasteiger partial charge in [-0.25, -0.2) is 8.42 Å². The molecule has 160 valence electrons. The van der Waals surface area contributed by atoms with Gasteiger partial charge in [0, 0.05) is 5.56 Å². The van der Waals surface area contributed by atoms with Gasteiger partial charge in [-0.05, 0) is 35.2 Å². The lowest BCUT2D eigenvalue weighted by molar-refractivity contribution is -0.144. The highest BCUT2D eigenvalue weighted by Gasteiger charge is 2.29. The zero-order valence-corrected chi connectivity index (χ0v) is 18.2. The number of hydrogen-bond acceptors (Lipinski definition) is 6. The Labute approximate surface area is 177 Å². The topological polar surface area (TPSA) is 94.1 Å². The number of nitrogens with one attached hydrogen (secondary N) is 1. The van der Waals surface area contributed by atoms with Gasteiger partial charge in [0.25, 0.3) is 10.0 Å². The van der Waals surface area contributed by atoms with Crippen LogP contribution >= 0.6 is 0 Å². The molecule has 8 heteroatoms. The number of aliphatic imine (C=N–C) groups is 1. The van der Waals surface area contributed by atoms with E-state index >= 15 is 0 Å². The molecule has 1 aliphatic heterocycles. The van der Waals surface area contributed by atoms with Gasteiger partial charge in [0.05, 0.1) is 17.9 Å². The van der Waals surface area contributed by atoms with Gasteiger partial charge in [-0.2, -0.15) is 0 Å². The second kappa shape index (κ2) is 8.87. The van der Waals surface area contributed by atoms with Crippen molar-refractivity contribution in [3.8, 4) is 5.75 Å². The Morgan fingerprint density at radius 2 is 1.73 bits per heavy atom. The third-order valence-electron chi connectivity index (χ3n) is 4.58. The van der Waals surface area contributed by atoms with E-state index in [1.807, 2.05) is 24.3 Å². The molecule has 30 heavy (non-hydrogen) atoms. The summed E-state index contributed by atoms with van der Waals surface area (Å²) in [5.74, 6) is 0.554. The Kier molecular flexibility index (Phi) is 6.45. The fraction of sp³-hybridized carbons (Fsp3) is 0.364. The third kappa shape index (κ3) is 5.38. The first kappa shape index (κ1) is 21.8. The summed E-state index contributed by atoms with van der Waals surface area (Å²) in [5.41, 5.74) is 1.81. The molecular weight excluding hydrogens is 404 g/mol. The highest BCUT2D eigenvalue weighted by Crippen LogP contribution is 2.24. The summed E-state index contributed by atoms with van der Waals surface area (Å²) in [6, 6.07) is 14.4. The minimum Gasteiger partial charge on any atom is -0.490 e. The lowest BCUT2D eigenvalue weighted by atomic mass is 9.87. The van der Waals surface area contributed by atoms with E-state index in [4.69, 9.17) is 9.47 Å². The molecule has 0 saturated heterocycles. The smallest absolute Gasteiger partial charge is 0.307 e. The molecule has 2 aromatic rings. The van der Waals surface area contributed by atoms with Crippen molar-refractivity contribution in [2.75, 3.05) is 19.8 Å². The number of esters is 1. The molecule has 0 fully saturated rings. The van der Waals surface area contributed by atoms with Crippen LogP contribution in [0.25, 0.3) is 0 Å². The first-order valence-corrected chi connectivity index (χ1v) is 11.2. The Morgan fingerprint density at radius 1 is 1.03 bits per heavy atom. The molecule has 1 heterocycles. The number of ether oxygens (including phenoxy) is 2. The predicted octanol–water partition coefficient (Wildman–Crippen LogP) is 3.03. The van der Waals surface area contributed by atoms with Crippen molar-refractivity contribution in [1.82, 2.24) is 4.72 Å². The first-order valence-electron chi connectivity index (χ1n) is 9.72. The van der Waals surface area contributed by atoms with Gasteiger partial charge in [-0.1, -0.05) is 45.0 Å². The highest BCUT2D eigenvalue weighted by atomic mass is 32.2. The fourth-order valence-electron chi connectivity index (χ4n) is 2.95. The maximum Gasteiger partial charge on any atom is 0.307 e. The number of benzene rings is 2. The van der Waals surface area contributed by atoms with Crippen molar-refractivity contribution in [2.45, 2.75) is 37.5 Å². The van der Waals surface area contributed by atoms with Crippen LogP contribution in [0.1, 0.15) is 38.3 Å². The second-order valence-electron chi connectivity index (χ2n) is 7.93. The van der Waals surface area contributed by atoms with E-state index in [9.17, 15) is 13.2 Å². The zero-order chi connectivity index (χ0) is 21.8. The molecule has 0 spiro atoms. The highest BCUT2D eigenvalue weighted by molar-refractivity contribution is 7.90. The zero-order valence-electron chi connectivity index (χ0n) is 17.3. The van der Waals surface area contributed by atoms with Crippen LogP contribution in [0.2, 0.25) is 0 Å². The van der Waals surface area contributed by atoms with Crippen LogP contribution in [0.4, 0.5) is 0 Å². The molecule has 0 aromatic heterocycles. The molecule has 0 saturated carbocycles. The Morgan fingerprint density at radius 3 is 2.43 bits per heavy atom. The molecule has 0 bridgehead atoms. The molecule has 1 aliphatic rings. The van der Waals surface area contributed by atoms with Crippen LogP contribution in [0.5, 0.6) is 5.75 Å². The lowest BCUT2D eigenvalue weighted by Gasteiger charge is -2.19. The molecule has 0 unspecified atom stereocenters. The Balaban J connectivity index is 1.40. The second-order valence-corrected chi connectivity index (χ2v) is 9.58. The summed E-state index contributed by atoms with van der Waals surface area (Å²) in [7, 11) is -3.57. The van der Waals surface area contributed by atoms with Crippen molar-refractivity contribution in [2.24, 2.45) is 4.99 Å². The minimum absolute atomic E-state index is 0.0493. The third-order valence-corrected chi connectivity index (χ3v) is 5.98. The van der Waals surface area contributed by atoms with E-state index in [0.717, 1.165) is 5.75 Å². The summed E-state index contributed by atoms with van der Waals surface area (Å²) >= 11 is 0.